The second kappa shape index (κ2) is 5.25. The van der Waals surface area contributed by atoms with Crippen molar-refractivity contribution < 1.29 is 8.42 Å². The van der Waals surface area contributed by atoms with Gasteiger partial charge in [-0.3, -0.25) is 15.1 Å². The summed E-state index contributed by atoms with van der Waals surface area (Å²) in [6, 6.07) is 9.79. The lowest BCUT2D eigenvalue weighted by atomic mass is 10.3. The van der Waals surface area contributed by atoms with Gasteiger partial charge in [-0.2, -0.15) is 0 Å². The third-order valence-corrected chi connectivity index (χ3v) is 4.53. The molecule has 1 aromatic carbocycles. The highest BCUT2D eigenvalue weighted by Gasteiger charge is 2.24. The van der Waals surface area contributed by atoms with Gasteiger partial charge in [0.05, 0.1) is 17.6 Å². The fourth-order valence-electron chi connectivity index (χ4n) is 1.64. The molecule has 3 N–H and O–H groups in total. The van der Waals surface area contributed by atoms with Crippen LogP contribution >= 0.6 is 0 Å². The number of rotatable bonds is 4. The molecular formula is C12H14N4O2S. The maximum absolute atomic E-state index is 12.5. The monoisotopic (exact) mass is 278 g/mol. The third kappa shape index (κ3) is 2.51. The van der Waals surface area contributed by atoms with Crippen molar-refractivity contribution in [1.29, 1.82) is 0 Å². The van der Waals surface area contributed by atoms with Crippen LogP contribution in [0.25, 0.3) is 0 Å². The van der Waals surface area contributed by atoms with Crippen LogP contribution in [0.4, 0.5) is 11.4 Å². The number of nitrogen functional groups attached to an aromatic ring is 1. The smallest absolute Gasteiger partial charge is 0.266 e. The van der Waals surface area contributed by atoms with E-state index in [1.807, 2.05) is 0 Å². The van der Waals surface area contributed by atoms with Gasteiger partial charge in [0, 0.05) is 13.2 Å². The van der Waals surface area contributed by atoms with Crippen molar-refractivity contribution in [2.45, 2.75) is 4.90 Å². The maximum atomic E-state index is 12.5. The lowest BCUT2D eigenvalue weighted by Crippen LogP contribution is -2.27. The molecule has 1 aromatic heterocycles. The van der Waals surface area contributed by atoms with Crippen molar-refractivity contribution in [3.63, 3.8) is 0 Å². The number of hydrazine groups is 1. The van der Waals surface area contributed by atoms with E-state index in [4.69, 9.17) is 5.84 Å². The molecule has 19 heavy (non-hydrogen) atoms. The Labute approximate surface area is 111 Å². The van der Waals surface area contributed by atoms with Crippen LogP contribution in [0.1, 0.15) is 0 Å². The van der Waals surface area contributed by atoms with Crippen molar-refractivity contribution >= 4 is 21.4 Å². The zero-order valence-corrected chi connectivity index (χ0v) is 11.1. The summed E-state index contributed by atoms with van der Waals surface area (Å²) >= 11 is 0. The number of benzene rings is 1. The van der Waals surface area contributed by atoms with Gasteiger partial charge in [-0.1, -0.05) is 12.1 Å². The van der Waals surface area contributed by atoms with Gasteiger partial charge >= 0.3 is 0 Å². The Morgan fingerprint density at radius 1 is 1.21 bits per heavy atom. The number of anilines is 2. The van der Waals surface area contributed by atoms with Crippen LogP contribution in [0.5, 0.6) is 0 Å². The number of nitrogens with one attached hydrogen (secondary N) is 1. The van der Waals surface area contributed by atoms with Crippen LogP contribution in [0.3, 0.4) is 0 Å². The van der Waals surface area contributed by atoms with E-state index < -0.39 is 10.0 Å². The molecule has 1 heterocycles. The fourth-order valence-corrected chi connectivity index (χ4v) is 2.97. The molecule has 0 aliphatic heterocycles. The van der Waals surface area contributed by atoms with Crippen molar-refractivity contribution in [1.82, 2.24) is 4.98 Å². The largest absolute Gasteiger partial charge is 0.323 e. The van der Waals surface area contributed by atoms with Crippen molar-refractivity contribution in [3.8, 4) is 0 Å². The molecular weight excluding hydrogens is 264 g/mol. The van der Waals surface area contributed by atoms with Crippen molar-refractivity contribution in [3.05, 3.63) is 48.8 Å². The Kier molecular flexibility index (Phi) is 3.68. The van der Waals surface area contributed by atoms with Crippen molar-refractivity contribution in [2.24, 2.45) is 5.84 Å². The van der Waals surface area contributed by atoms with Gasteiger partial charge in [0.1, 0.15) is 4.90 Å². The van der Waals surface area contributed by atoms with Gasteiger partial charge in [0.25, 0.3) is 10.0 Å². The van der Waals surface area contributed by atoms with Crippen LogP contribution in [0, 0.1) is 0 Å². The molecule has 0 bridgehead atoms. The highest BCUT2D eigenvalue weighted by molar-refractivity contribution is 7.93. The molecule has 0 fully saturated rings. The fraction of sp³-hybridized carbons (Fsp3) is 0.0833. The zero-order chi connectivity index (χ0) is 13.9. The highest BCUT2D eigenvalue weighted by Crippen LogP contribution is 2.26. The number of nitrogens with two attached hydrogens (primary N) is 1. The Morgan fingerprint density at radius 3 is 2.58 bits per heavy atom. The topological polar surface area (TPSA) is 88.3 Å². The second-order valence-electron chi connectivity index (χ2n) is 3.82. The predicted molar refractivity (Wildman–Crippen MR) is 74.1 cm³/mol. The summed E-state index contributed by atoms with van der Waals surface area (Å²) < 4.78 is 26.2. The van der Waals surface area contributed by atoms with E-state index in [1.54, 1.807) is 36.5 Å². The summed E-state index contributed by atoms with van der Waals surface area (Å²) in [5, 5.41) is 0. The van der Waals surface area contributed by atoms with Gasteiger partial charge in [0.2, 0.25) is 0 Å². The molecule has 0 saturated carbocycles. The second-order valence-corrected chi connectivity index (χ2v) is 5.76. The van der Waals surface area contributed by atoms with Crippen LogP contribution < -0.4 is 15.6 Å². The van der Waals surface area contributed by atoms with Gasteiger partial charge < -0.3 is 5.43 Å². The van der Waals surface area contributed by atoms with Crippen LogP contribution in [-0.2, 0) is 10.0 Å². The Balaban J connectivity index is 2.48. The Hall–Kier alpha value is -2.12. The van der Waals surface area contributed by atoms with Crippen LogP contribution in [-0.4, -0.2) is 20.4 Å². The quantitative estimate of drug-likeness (QED) is 0.648. The summed E-state index contributed by atoms with van der Waals surface area (Å²) in [7, 11) is -2.21. The Morgan fingerprint density at radius 2 is 1.95 bits per heavy atom. The number of pyridine rings is 1. The first-order valence-corrected chi connectivity index (χ1v) is 6.96. The molecule has 0 radical (unpaired) electrons. The summed E-state index contributed by atoms with van der Waals surface area (Å²) in [6.07, 6.45) is 3.06. The van der Waals surface area contributed by atoms with Crippen LogP contribution in [0.2, 0.25) is 0 Å². The number of sulfonamides is 1. The number of nitrogens with zero attached hydrogens (tertiary/aromatic N) is 2. The molecule has 2 rings (SSSR count). The minimum atomic E-state index is -3.68. The van der Waals surface area contributed by atoms with E-state index in [0.29, 0.717) is 11.4 Å². The third-order valence-electron chi connectivity index (χ3n) is 2.69. The standard InChI is InChI=1S/C12H14N4O2S/c1-16(10-5-4-8-14-9-10)19(17,18)12-7-3-2-6-11(12)15-13/h2-9,15H,13H2,1H3. The first kappa shape index (κ1) is 13.3. The molecule has 100 valence electrons. The summed E-state index contributed by atoms with van der Waals surface area (Å²) in [5.41, 5.74) is 3.21. The molecule has 0 aliphatic rings. The lowest BCUT2D eigenvalue weighted by molar-refractivity contribution is 0.594. The predicted octanol–water partition coefficient (Wildman–Crippen LogP) is 1.19. The first-order chi connectivity index (χ1) is 9.07. The lowest BCUT2D eigenvalue weighted by Gasteiger charge is -2.20. The average Bonchev–Trinajstić information content (AvgIpc) is 2.47. The van der Waals surface area contributed by atoms with E-state index in [-0.39, 0.29) is 4.90 Å². The number of hydrogen-bond acceptors (Lipinski definition) is 5. The summed E-state index contributed by atoms with van der Waals surface area (Å²) in [5.74, 6) is 5.34. The van der Waals surface area contributed by atoms with E-state index in [0.717, 1.165) is 4.31 Å². The molecule has 0 spiro atoms. The van der Waals surface area contributed by atoms with E-state index in [2.05, 4.69) is 10.4 Å². The number of aromatic nitrogens is 1. The summed E-state index contributed by atoms with van der Waals surface area (Å²) in [6.45, 7) is 0. The minimum Gasteiger partial charge on any atom is -0.323 e. The number of para-hydroxylation sites is 1. The zero-order valence-electron chi connectivity index (χ0n) is 10.3. The number of hydrogen-bond donors (Lipinski definition) is 2. The molecule has 0 amide bonds. The van der Waals surface area contributed by atoms with Gasteiger partial charge in [0.15, 0.2) is 0 Å². The minimum absolute atomic E-state index is 0.115. The van der Waals surface area contributed by atoms with Crippen molar-refractivity contribution in [2.75, 3.05) is 16.8 Å². The molecule has 0 unspecified atom stereocenters. The molecule has 0 atom stereocenters. The molecule has 2 aromatic rings. The summed E-state index contributed by atoms with van der Waals surface area (Å²) in [4.78, 5) is 4.02. The molecule has 0 aliphatic carbocycles. The highest BCUT2D eigenvalue weighted by atomic mass is 32.2. The SMILES string of the molecule is CN(c1cccnc1)S(=O)(=O)c1ccccc1NN. The molecule has 7 heteroatoms. The normalized spacial score (nSPS) is 11.1. The van der Waals surface area contributed by atoms with E-state index in [9.17, 15) is 8.42 Å². The van der Waals surface area contributed by atoms with Gasteiger partial charge in [-0.15, -0.1) is 0 Å². The van der Waals surface area contributed by atoms with Crippen LogP contribution in [0.15, 0.2) is 53.7 Å². The Bertz CT molecular complexity index is 658. The first-order valence-electron chi connectivity index (χ1n) is 5.52. The molecule has 6 nitrogen and oxygen atoms in total. The van der Waals surface area contributed by atoms with Gasteiger partial charge in [-0.25, -0.2) is 8.42 Å². The van der Waals surface area contributed by atoms with E-state index in [1.165, 1.54) is 19.3 Å². The average molecular weight is 278 g/mol. The maximum Gasteiger partial charge on any atom is 0.266 e. The van der Waals surface area contributed by atoms with E-state index >= 15 is 0 Å². The van der Waals surface area contributed by atoms with Gasteiger partial charge in [-0.05, 0) is 24.3 Å². The molecule has 0 saturated heterocycles.